The molecule has 2 heterocycles. The lowest BCUT2D eigenvalue weighted by Crippen LogP contribution is -2.43. The van der Waals surface area contributed by atoms with Gasteiger partial charge in [0.25, 0.3) is 0 Å². The van der Waals surface area contributed by atoms with Gasteiger partial charge in [0, 0.05) is 25.7 Å². The summed E-state index contributed by atoms with van der Waals surface area (Å²) in [5.74, 6) is 1.52. The molecule has 250 valence electrons. The second-order valence-electron chi connectivity index (χ2n) is 15.0. The maximum absolute atomic E-state index is 10.6. The number of ether oxygens (including phenoxy) is 4. The molecule has 4 rings (SSSR count). The van der Waals surface area contributed by atoms with Crippen molar-refractivity contribution in [1.29, 1.82) is 0 Å². The van der Waals surface area contributed by atoms with Crippen LogP contribution in [0.25, 0.3) is 0 Å². The molecule has 0 aromatic heterocycles. The van der Waals surface area contributed by atoms with Gasteiger partial charge in [-0.3, -0.25) is 0 Å². The standard InChI is InChI=1S/C37H62O6Si/c1-7-8-9-16-30(41-35-18-10-12-22-39-35)20-21-32-33(29(27-38)26-34(32)42-36-19-11-13-23-40-36)25-28-15-14-17-31(24-28)43-44(5,6)37(2,3)4/h14-15,17,20-21,24,29-30,32-36,38H,7-13,16,18-19,22-23,25-27H2,1-6H3. The fourth-order valence-corrected chi connectivity index (χ4v) is 7.71. The van der Waals surface area contributed by atoms with E-state index < -0.39 is 8.32 Å². The summed E-state index contributed by atoms with van der Waals surface area (Å²) in [6.07, 6.45) is 17.1. The van der Waals surface area contributed by atoms with Crippen molar-refractivity contribution in [2.24, 2.45) is 17.8 Å². The number of hydrogen-bond donors (Lipinski definition) is 1. The molecule has 7 heteroatoms. The average molecular weight is 631 g/mol. The van der Waals surface area contributed by atoms with Crippen LogP contribution in [0.2, 0.25) is 18.1 Å². The van der Waals surface area contributed by atoms with Gasteiger partial charge >= 0.3 is 0 Å². The zero-order chi connectivity index (χ0) is 31.6. The van der Waals surface area contributed by atoms with Gasteiger partial charge < -0.3 is 28.5 Å². The van der Waals surface area contributed by atoms with E-state index in [2.05, 4.69) is 77.2 Å². The first-order chi connectivity index (χ1) is 21.1. The Morgan fingerprint density at radius 2 is 1.75 bits per heavy atom. The second kappa shape index (κ2) is 17.1. The van der Waals surface area contributed by atoms with Crippen LogP contribution in [0, 0.1) is 17.8 Å². The van der Waals surface area contributed by atoms with Crippen LogP contribution < -0.4 is 4.43 Å². The molecule has 2 aliphatic heterocycles. The zero-order valence-electron chi connectivity index (χ0n) is 28.6. The first-order valence-electron chi connectivity index (χ1n) is 17.7. The molecule has 1 saturated carbocycles. The highest BCUT2D eigenvalue weighted by Crippen LogP contribution is 2.44. The van der Waals surface area contributed by atoms with Crippen LogP contribution in [-0.2, 0) is 25.4 Å². The predicted molar refractivity (Wildman–Crippen MR) is 180 cm³/mol. The quantitative estimate of drug-likeness (QED) is 0.119. The molecule has 7 unspecified atom stereocenters. The first kappa shape index (κ1) is 35.6. The minimum absolute atomic E-state index is 0.00499. The highest BCUT2D eigenvalue weighted by atomic mass is 28.4. The smallest absolute Gasteiger partial charge is 0.250 e. The monoisotopic (exact) mass is 630 g/mol. The van der Waals surface area contributed by atoms with Gasteiger partial charge in [-0.25, -0.2) is 0 Å². The molecule has 3 aliphatic rings. The Kier molecular flexibility index (Phi) is 13.8. The molecule has 0 bridgehead atoms. The fourth-order valence-electron chi connectivity index (χ4n) is 6.69. The number of aliphatic hydroxyl groups is 1. The number of rotatable bonds is 15. The summed E-state index contributed by atoms with van der Waals surface area (Å²) >= 11 is 0. The maximum atomic E-state index is 10.6. The molecule has 1 N–H and O–H groups in total. The van der Waals surface area contributed by atoms with E-state index in [0.29, 0.717) is 0 Å². The van der Waals surface area contributed by atoms with Crippen molar-refractivity contribution in [2.75, 3.05) is 19.8 Å². The molecular weight excluding hydrogens is 568 g/mol. The molecule has 3 fully saturated rings. The molecule has 0 spiro atoms. The summed E-state index contributed by atoms with van der Waals surface area (Å²) in [5.41, 5.74) is 1.25. The van der Waals surface area contributed by atoms with E-state index in [1.807, 2.05) is 0 Å². The Bertz CT molecular complexity index is 994. The van der Waals surface area contributed by atoms with Crippen LogP contribution in [0.1, 0.15) is 104 Å². The largest absolute Gasteiger partial charge is 0.543 e. The van der Waals surface area contributed by atoms with Gasteiger partial charge in [-0.1, -0.05) is 71.2 Å². The summed E-state index contributed by atoms with van der Waals surface area (Å²) in [6.45, 7) is 15.4. The first-order valence-corrected chi connectivity index (χ1v) is 20.6. The molecule has 1 aliphatic carbocycles. The maximum Gasteiger partial charge on any atom is 0.250 e. The minimum atomic E-state index is -1.95. The Labute approximate surface area is 269 Å². The van der Waals surface area contributed by atoms with Crippen LogP contribution in [0.3, 0.4) is 0 Å². The van der Waals surface area contributed by atoms with Gasteiger partial charge in [0.15, 0.2) is 12.6 Å². The van der Waals surface area contributed by atoms with E-state index in [-0.39, 0.29) is 54.2 Å². The van der Waals surface area contributed by atoms with Gasteiger partial charge in [0.05, 0.1) is 12.2 Å². The van der Waals surface area contributed by atoms with Crippen molar-refractivity contribution in [3.05, 3.63) is 42.0 Å². The number of aliphatic hydroxyl groups excluding tert-OH is 1. The minimum Gasteiger partial charge on any atom is -0.543 e. The van der Waals surface area contributed by atoms with Gasteiger partial charge in [-0.2, -0.15) is 0 Å². The van der Waals surface area contributed by atoms with Crippen molar-refractivity contribution >= 4 is 8.32 Å². The van der Waals surface area contributed by atoms with E-state index in [1.54, 1.807) is 0 Å². The highest BCUT2D eigenvalue weighted by Gasteiger charge is 2.44. The number of hydrogen-bond acceptors (Lipinski definition) is 6. The van der Waals surface area contributed by atoms with Crippen LogP contribution in [-0.4, -0.2) is 58.0 Å². The molecule has 0 radical (unpaired) electrons. The predicted octanol–water partition coefficient (Wildman–Crippen LogP) is 8.82. The Balaban J connectivity index is 1.56. The summed E-state index contributed by atoms with van der Waals surface area (Å²) in [6, 6.07) is 8.66. The van der Waals surface area contributed by atoms with Gasteiger partial charge in [-0.15, -0.1) is 0 Å². The van der Waals surface area contributed by atoms with Crippen molar-refractivity contribution in [1.82, 2.24) is 0 Å². The van der Waals surface area contributed by atoms with Crippen LogP contribution in [0.4, 0.5) is 0 Å². The highest BCUT2D eigenvalue weighted by molar-refractivity contribution is 6.74. The van der Waals surface area contributed by atoms with E-state index in [0.717, 1.165) is 83.2 Å². The third-order valence-corrected chi connectivity index (χ3v) is 14.8. The van der Waals surface area contributed by atoms with Gasteiger partial charge in [0.2, 0.25) is 8.32 Å². The van der Waals surface area contributed by atoms with Crippen molar-refractivity contribution < 1.29 is 28.5 Å². The third kappa shape index (κ3) is 10.4. The van der Waals surface area contributed by atoms with Crippen LogP contribution >= 0.6 is 0 Å². The Hall–Kier alpha value is -1.22. The van der Waals surface area contributed by atoms with Crippen LogP contribution in [0.5, 0.6) is 5.75 Å². The number of unbranched alkanes of at least 4 members (excludes halogenated alkanes) is 2. The summed E-state index contributed by atoms with van der Waals surface area (Å²) in [4.78, 5) is 0. The lowest BCUT2D eigenvalue weighted by atomic mass is 9.83. The van der Waals surface area contributed by atoms with Crippen molar-refractivity contribution in [3.63, 3.8) is 0 Å². The van der Waals surface area contributed by atoms with Gasteiger partial charge in [0.1, 0.15) is 5.75 Å². The van der Waals surface area contributed by atoms with Gasteiger partial charge in [-0.05, 0) is 105 Å². The summed E-state index contributed by atoms with van der Waals surface area (Å²) < 4.78 is 31.9. The average Bonchev–Trinajstić information content (AvgIpc) is 3.31. The normalized spacial score (nSPS) is 29.2. The molecular formula is C37H62O6Si. The van der Waals surface area contributed by atoms with Crippen LogP contribution in [0.15, 0.2) is 36.4 Å². The second-order valence-corrected chi connectivity index (χ2v) is 19.7. The molecule has 7 atom stereocenters. The molecule has 0 amide bonds. The van der Waals surface area contributed by atoms with Crippen molar-refractivity contribution in [2.45, 2.75) is 148 Å². The lowest BCUT2D eigenvalue weighted by Gasteiger charge is -2.36. The summed E-state index contributed by atoms with van der Waals surface area (Å²) in [5, 5.41) is 10.8. The Morgan fingerprint density at radius 1 is 1.02 bits per heavy atom. The van der Waals surface area contributed by atoms with E-state index in [4.69, 9.17) is 23.4 Å². The number of benzene rings is 1. The molecule has 1 aromatic carbocycles. The van der Waals surface area contributed by atoms with Crippen molar-refractivity contribution in [3.8, 4) is 5.75 Å². The van der Waals surface area contributed by atoms with E-state index >= 15 is 0 Å². The SMILES string of the molecule is CCCCCC(C=CC1C(OC2CCCCO2)CC(CO)C1Cc1cccc(O[Si](C)(C)C(C)(C)C)c1)OC1CCCCO1. The Morgan fingerprint density at radius 3 is 2.39 bits per heavy atom. The molecule has 2 saturated heterocycles. The lowest BCUT2D eigenvalue weighted by molar-refractivity contribution is -0.193. The molecule has 1 aromatic rings. The van der Waals surface area contributed by atoms with E-state index in [9.17, 15) is 5.11 Å². The fraction of sp³-hybridized carbons (Fsp3) is 0.784. The third-order valence-electron chi connectivity index (χ3n) is 10.4. The molecule has 6 nitrogen and oxygen atoms in total. The summed E-state index contributed by atoms with van der Waals surface area (Å²) in [7, 11) is -1.95. The topological polar surface area (TPSA) is 66.4 Å². The van der Waals surface area contributed by atoms with E-state index in [1.165, 1.54) is 18.4 Å². The zero-order valence-corrected chi connectivity index (χ0v) is 29.6. The molecule has 44 heavy (non-hydrogen) atoms.